The van der Waals surface area contributed by atoms with Crippen LogP contribution in [0.1, 0.15) is 32.8 Å². The van der Waals surface area contributed by atoms with Gasteiger partial charge in [0, 0.05) is 22.7 Å². The van der Waals surface area contributed by atoms with Gasteiger partial charge in [0.2, 0.25) is 0 Å². The van der Waals surface area contributed by atoms with Gasteiger partial charge in [0.05, 0.1) is 16.5 Å². The highest BCUT2D eigenvalue weighted by atomic mass is 35.5. The van der Waals surface area contributed by atoms with Crippen molar-refractivity contribution in [3.63, 3.8) is 0 Å². The zero-order valence-electron chi connectivity index (χ0n) is 16.3. The summed E-state index contributed by atoms with van der Waals surface area (Å²) in [6.07, 6.45) is 0.460. The Morgan fingerprint density at radius 2 is 1.83 bits per heavy atom. The minimum absolute atomic E-state index is 0.00617. The highest BCUT2D eigenvalue weighted by Crippen LogP contribution is 2.37. The molecule has 1 fully saturated rings. The van der Waals surface area contributed by atoms with Crippen LogP contribution in [0.5, 0.6) is 0 Å². The molecule has 1 atom stereocenters. The third kappa shape index (κ3) is 4.20. The fourth-order valence-electron chi connectivity index (χ4n) is 3.72. The molecule has 4 rings (SSSR count). The second kappa shape index (κ2) is 7.74. The van der Waals surface area contributed by atoms with Gasteiger partial charge in [0.25, 0.3) is 5.91 Å². The minimum Gasteiger partial charge on any atom is -0.330 e. The average molecular weight is 448 g/mol. The monoisotopic (exact) mass is 447 g/mol. The van der Waals surface area contributed by atoms with Crippen molar-refractivity contribution in [1.82, 2.24) is 4.90 Å². The lowest BCUT2D eigenvalue weighted by molar-refractivity contribution is 0.0686. The van der Waals surface area contributed by atoms with Crippen molar-refractivity contribution in [2.24, 2.45) is 0 Å². The van der Waals surface area contributed by atoms with Crippen molar-refractivity contribution in [3.8, 4) is 0 Å². The number of hydrogen-bond acceptors (Lipinski definition) is 4. The first-order chi connectivity index (χ1) is 13.7. The van der Waals surface area contributed by atoms with E-state index in [0.29, 0.717) is 22.9 Å². The topological polar surface area (TPSA) is 54.5 Å². The maximum absolute atomic E-state index is 13.5. The van der Waals surface area contributed by atoms with Crippen LogP contribution >= 0.6 is 22.9 Å². The largest absolute Gasteiger partial charge is 0.330 e. The molecule has 0 N–H and O–H groups in total. The lowest BCUT2D eigenvalue weighted by Crippen LogP contribution is -2.40. The standard InChI is InChI=1S/C22H22ClNO3S2/c1-14-3-6-16(7-4-14)12-24(17-9-10-29(26,27)13-17)22(25)21-20(23)18-8-5-15(2)11-19(18)28-21/h3-8,11,17H,9-10,12-13H2,1-2H3/t17-/m1/s1. The van der Waals surface area contributed by atoms with Crippen molar-refractivity contribution >= 4 is 48.8 Å². The molecule has 1 saturated heterocycles. The van der Waals surface area contributed by atoms with Crippen LogP contribution < -0.4 is 0 Å². The van der Waals surface area contributed by atoms with E-state index in [4.69, 9.17) is 11.6 Å². The maximum atomic E-state index is 13.5. The molecule has 4 nitrogen and oxygen atoms in total. The van der Waals surface area contributed by atoms with E-state index in [0.717, 1.165) is 26.8 Å². The molecule has 0 spiro atoms. The summed E-state index contributed by atoms with van der Waals surface area (Å²) in [5.74, 6) is -0.0718. The van der Waals surface area contributed by atoms with E-state index in [2.05, 4.69) is 0 Å². The molecule has 0 radical (unpaired) electrons. The molecular formula is C22H22ClNO3S2. The van der Waals surface area contributed by atoms with Gasteiger partial charge >= 0.3 is 0 Å². The van der Waals surface area contributed by atoms with Crippen LogP contribution in [-0.2, 0) is 16.4 Å². The van der Waals surface area contributed by atoms with Crippen molar-refractivity contribution < 1.29 is 13.2 Å². The van der Waals surface area contributed by atoms with Crippen LogP contribution in [0.3, 0.4) is 0 Å². The molecule has 152 valence electrons. The SMILES string of the molecule is Cc1ccc(CN(C(=O)c2sc3cc(C)ccc3c2Cl)[C@@H]2CCS(=O)(=O)C2)cc1. The number of halogens is 1. The first-order valence-corrected chi connectivity index (χ1v) is 12.5. The summed E-state index contributed by atoms with van der Waals surface area (Å²) < 4.78 is 25.1. The number of nitrogens with zero attached hydrogens (tertiary/aromatic N) is 1. The Labute approximate surface area is 180 Å². The summed E-state index contributed by atoms with van der Waals surface area (Å²) in [6, 6.07) is 13.6. The summed E-state index contributed by atoms with van der Waals surface area (Å²) in [5.41, 5.74) is 3.21. The van der Waals surface area contributed by atoms with Crippen LogP contribution in [0.4, 0.5) is 0 Å². The zero-order valence-corrected chi connectivity index (χ0v) is 18.7. The van der Waals surface area contributed by atoms with Crippen LogP contribution in [0.25, 0.3) is 10.1 Å². The van der Waals surface area contributed by atoms with Gasteiger partial charge in [-0.1, -0.05) is 53.6 Å². The smallest absolute Gasteiger partial charge is 0.266 e. The van der Waals surface area contributed by atoms with Crippen molar-refractivity contribution in [1.29, 1.82) is 0 Å². The first-order valence-electron chi connectivity index (χ1n) is 9.49. The summed E-state index contributed by atoms with van der Waals surface area (Å²) in [5, 5.41) is 1.31. The predicted octanol–water partition coefficient (Wildman–Crippen LogP) is 5.00. The van der Waals surface area contributed by atoms with Crippen LogP contribution in [0.15, 0.2) is 42.5 Å². The second-order valence-electron chi connectivity index (χ2n) is 7.72. The number of benzene rings is 2. The number of rotatable bonds is 4. The van der Waals surface area contributed by atoms with E-state index in [1.165, 1.54) is 11.3 Å². The van der Waals surface area contributed by atoms with Gasteiger partial charge in [0.15, 0.2) is 9.84 Å². The second-order valence-corrected chi connectivity index (χ2v) is 11.4. The molecule has 0 saturated carbocycles. The molecule has 0 aliphatic carbocycles. The van der Waals surface area contributed by atoms with Gasteiger partial charge in [0.1, 0.15) is 4.88 Å². The first kappa shape index (κ1) is 20.4. The van der Waals surface area contributed by atoms with E-state index in [1.54, 1.807) is 4.90 Å². The number of carbonyl (C=O) groups is 1. The van der Waals surface area contributed by atoms with Gasteiger partial charge in [-0.2, -0.15) is 0 Å². The number of thiophene rings is 1. The van der Waals surface area contributed by atoms with Crippen molar-refractivity contribution in [2.45, 2.75) is 32.9 Å². The Hall–Kier alpha value is -1.89. The van der Waals surface area contributed by atoms with Gasteiger partial charge in [-0.3, -0.25) is 4.79 Å². The number of aryl methyl sites for hydroxylation is 2. The van der Waals surface area contributed by atoms with Gasteiger partial charge in [-0.25, -0.2) is 8.42 Å². The van der Waals surface area contributed by atoms with Gasteiger partial charge in [-0.15, -0.1) is 11.3 Å². The number of hydrogen-bond donors (Lipinski definition) is 0. The molecule has 1 aliphatic rings. The highest BCUT2D eigenvalue weighted by molar-refractivity contribution is 7.91. The van der Waals surface area contributed by atoms with Gasteiger partial charge < -0.3 is 4.90 Å². The number of carbonyl (C=O) groups excluding carboxylic acids is 1. The van der Waals surface area contributed by atoms with Gasteiger partial charge in [-0.05, 0) is 37.5 Å². The minimum atomic E-state index is -3.12. The molecule has 2 heterocycles. The number of fused-ring (bicyclic) bond motifs is 1. The number of amides is 1. The Balaban J connectivity index is 1.73. The molecule has 0 bridgehead atoms. The predicted molar refractivity (Wildman–Crippen MR) is 120 cm³/mol. The Morgan fingerprint density at radius 1 is 1.14 bits per heavy atom. The van der Waals surface area contributed by atoms with E-state index in [9.17, 15) is 13.2 Å². The summed E-state index contributed by atoms with van der Waals surface area (Å²) in [7, 11) is -3.12. The Bertz CT molecular complexity index is 1180. The van der Waals surface area contributed by atoms with Crippen molar-refractivity contribution in [3.05, 3.63) is 69.1 Å². The third-order valence-electron chi connectivity index (χ3n) is 5.36. The molecular weight excluding hydrogens is 426 g/mol. The van der Waals surface area contributed by atoms with E-state index < -0.39 is 9.84 Å². The molecule has 2 aromatic carbocycles. The Morgan fingerprint density at radius 3 is 2.48 bits per heavy atom. The van der Waals surface area contributed by atoms with E-state index in [-0.39, 0.29) is 23.5 Å². The fourth-order valence-corrected chi connectivity index (χ4v) is 7.02. The lowest BCUT2D eigenvalue weighted by Gasteiger charge is -2.28. The summed E-state index contributed by atoms with van der Waals surface area (Å²) in [6.45, 7) is 4.37. The van der Waals surface area contributed by atoms with Crippen LogP contribution in [0, 0.1) is 13.8 Å². The number of sulfone groups is 1. The molecule has 3 aromatic rings. The van der Waals surface area contributed by atoms with E-state index in [1.807, 2.05) is 56.3 Å². The third-order valence-corrected chi connectivity index (χ3v) is 8.76. The molecule has 1 amide bonds. The highest BCUT2D eigenvalue weighted by Gasteiger charge is 2.36. The molecule has 29 heavy (non-hydrogen) atoms. The van der Waals surface area contributed by atoms with E-state index >= 15 is 0 Å². The average Bonchev–Trinajstić information content (AvgIpc) is 3.19. The zero-order chi connectivity index (χ0) is 20.8. The molecule has 0 unspecified atom stereocenters. The fraction of sp³-hybridized carbons (Fsp3) is 0.318. The van der Waals surface area contributed by atoms with Crippen molar-refractivity contribution in [2.75, 3.05) is 11.5 Å². The quantitative estimate of drug-likeness (QED) is 0.565. The van der Waals surface area contributed by atoms with Crippen LogP contribution in [0.2, 0.25) is 5.02 Å². The lowest BCUT2D eigenvalue weighted by atomic mass is 10.1. The van der Waals surface area contributed by atoms with Crippen LogP contribution in [-0.4, -0.2) is 36.8 Å². The molecule has 7 heteroatoms. The summed E-state index contributed by atoms with van der Waals surface area (Å²) >= 11 is 7.95. The molecule has 1 aromatic heterocycles. The summed E-state index contributed by atoms with van der Waals surface area (Å²) in [4.78, 5) is 15.7. The normalized spacial score (nSPS) is 18.2. The molecule has 1 aliphatic heterocycles. The Kier molecular flexibility index (Phi) is 5.44. The maximum Gasteiger partial charge on any atom is 0.266 e.